The minimum atomic E-state index is -0.158. The van der Waals surface area contributed by atoms with Gasteiger partial charge in [0.05, 0.1) is 18.9 Å². The van der Waals surface area contributed by atoms with Gasteiger partial charge in [0, 0.05) is 37.0 Å². The molecule has 0 spiro atoms. The number of benzene rings is 1. The average Bonchev–Trinajstić information content (AvgIpc) is 3.12. The number of aromatic nitrogens is 3. The summed E-state index contributed by atoms with van der Waals surface area (Å²) in [7, 11) is 0. The monoisotopic (exact) mass is 377 g/mol. The van der Waals surface area contributed by atoms with Gasteiger partial charge in [-0.05, 0) is 11.5 Å². The molecule has 0 radical (unpaired) electrons. The van der Waals surface area contributed by atoms with Gasteiger partial charge < -0.3 is 4.74 Å². The normalized spacial score (nSPS) is 15.2. The molecule has 7 heteroatoms. The number of hydrogen-bond donors (Lipinski definition) is 1. The van der Waals surface area contributed by atoms with E-state index in [2.05, 4.69) is 33.2 Å². The SMILES string of the molecule is CC(C)c1c(-c2ccc(CN3CCOCC3)cc2)nc2c(C#N)c[nH]n2c1=O. The van der Waals surface area contributed by atoms with Crippen LogP contribution in [-0.2, 0) is 11.3 Å². The Morgan fingerprint density at radius 2 is 1.96 bits per heavy atom. The van der Waals surface area contributed by atoms with Crippen molar-refractivity contribution in [1.29, 1.82) is 5.26 Å². The lowest BCUT2D eigenvalue weighted by molar-refractivity contribution is 0.0342. The highest BCUT2D eigenvalue weighted by Gasteiger charge is 2.20. The Morgan fingerprint density at radius 1 is 1.25 bits per heavy atom. The van der Waals surface area contributed by atoms with E-state index in [1.807, 2.05) is 26.0 Å². The van der Waals surface area contributed by atoms with Gasteiger partial charge in [-0.15, -0.1) is 0 Å². The Labute approximate surface area is 163 Å². The first kappa shape index (κ1) is 18.4. The standard InChI is InChI=1S/C21H23N5O2/c1-14(2)18-19(24-20-17(11-22)12-23-26(20)21(18)27)16-5-3-15(4-6-16)13-25-7-9-28-10-8-25/h3-6,12,14,23H,7-10,13H2,1-2H3. The zero-order valence-electron chi connectivity index (χ0n) is 16.1. The number of hydrogen-bond acceptors (Lipinski definition) is 5. The molecule has 2 aromatic heterocycles. The molecule has 0 amide bonds. The summed E-state index contributed by atoms with van der Waals surface area (Å²) in [6.45, 7) is 8.29. The Bertz CT molecular complexity index is 1080. The molecule has 1 fully saturated rings. The van der Waals surface area contributed by atoms with Gasteiger partial charge in [0.15, 0.2) is 5.65 Å². The molecule has 7 nitrogen and oxygen atoms in total. The van der Waals surface area contributed by atoms with Gasteiger partial charge in [-0.1, -0.05) is 38.1 Å². The predicted molar refractivity (Wildman–Crippen MR) is 106 cm³/mol. The molecular formula is C21H23N5O2. The maximum Gasteiger partial charge on any atom is 0.276 e. The first-order valence-corrected chi connectivity index (χ1v) is 9.52. The molecule has 1 aliphatic heterocycles. The summed E-state index contributed by atoms with van der Waals surface area (Å²) in [5.41, 5.74) is 3.96. The van der Waals surface area contributed by atoms with Gasteiger partial charge in [0.1, 0.15) is 11.6 Å². The fraction of sp³-hybridized carbons (Fsp3) is 0.381. The van der Waals surface area contributed by atoms with Crippen LogP contribution >= 0.6 is 0 Å². The number of rotatable bonds is 4. The maximum atomic E-state index is 13.0. The number of aromatic amines is 1. The third-order valence-corrected chi connectivity index (χ3v) is 5.13. The van der Waals surface area contributed by atoms with Crippen LogP contribution in [0.25, 0.3) is 16.9 Å². The fourth-order valence-electron chi connectivity index (χ4n) is 3.64. The van der Waals surface area contributed by atoms with Gasteiger partial charge in [0.25, 0.3) is 5.56 Å². The van der Waals surface area contributed by atoms with E-state index in [-0.39, 0.29) is 11.5 Å². The van der Waals surface area contributed by atoms with Crippen LogP contribution < -0.4 is 5.56 Å². The minimum Gasteiger partial charge on any atom is -0.379 e. The van der Waals surface area contributed by atoms with Crippen LogP contribution in [0.3, 0.4) is 0 Å². The zero-order valence-corrected chi connectivity index (χ0v) is 16.1. The smallest absolute Gasteiger partial charge is 0.276 e. The highest BCUT2D eigenvalue weighted by atomic mass is 16.5. The summed E-state index contributed by atoms with van der Waals surface area (Å²) in [5, 5.41) is 12.1. The lowest BCUT2D eigenvalue weighted by Gasteiger charge is -2.26. The first-order chi connectivity index (χ1) is 13.6. The Kier molecular flexibility index (Phi) is 4.99. The molecule has 0 atom stereocenters. The molecule has 0 bridgehead atoms. The molecule has 4 rings (SSSR count). The second-order valence-corrected chi connectivity index (χ2v) is 7.38. The molecule has 1 N–H and O–H groups in total. The van der Waals surface area contributed by atoms with Gasteiger partial charge in [0.2, 0.25) is 0 Å². The number of fused-ring (bicyclic) bond motifs is 1. The molecule has 28 heavy (non-hydrogen) atoms. The molecule has 0 saturated carbocycles. The van der Waals surface area contributed by atoms with E-state index < -0.39 is 0 Å². The van der Waals surface area contributed by atoms with Gasteiger partial charge >= 0.3 is 0 Å². The van der Waals surface area contributed by atoms with Gasteiger partial charge in [-0.3, -0.25) is 14.8 Å². The summed E-state index contributed by atoms with van der Waals surface area (Å²) in [5.74, 6) is 0.00811. The lowest BCUT2D eigenvalue weighted by Crippen LogP contribution is -2.35. The third-order valence-electron chi connectivity index (χ3n) is 5.13. The van der Waals surface area contributed by atoms with Crippen molar-refractivity contribution >= 4 is 5.65 Å². The second kappa shape index (κ2) is 7.58. The lowest BCUT2D eigenvalue weighted by atomic mass is 9.97. The predicted octanol–water partition coefficient (Wildman–Crippen LogP) is 2.52. The van der Waals surface area contributed by atoms with E-state index in [1.165, 1.54) is 16.3 Å². The van der Waals surface area contributed by atoms with E-state index >= 15 is 0 Å². The fourth-order valence-corrected chi connectivity index (χ4v) is 3.64. The zero-order chi connectivity index (χ0) is 19.7. The van der Waals surface area contributed by atoms with Crippen LogP contribution in [0, 0.1) is 11.3 Å². The number of H-pyrrole nitrogens is 1. The number of nitriles is 1. The number of morpholine rings is 1. The maximum absolute atomic E-state index is 13.0. The average molecular weight is 377 g/mol. The van der Waals surface area contributed by atoms with E-state index in [9.17, 15) is 10.1 Å². The summed E-state index contributed by atoms with van der Waals surface area (Å²) in [6.07, 6.45) is 1.52. The highest BCUT2D eigenvalue weighted by Crippen LogP contribution is 2.26. The molecular weight excluding hydrogens is 354 g/mol. The van der Waals surface area contributed by atoms with Crippen LogP contribution in [0.4, 0.5) is 0 Å². The van der Waals surface area contributed by atoms with Crippen LogP contribution in [0.15, 0.2) is 35.3 Å². The minimum absolute atomic E-state index is 0.00811. The van der Waals surface area contributed by atoms with Crippen molar-refractivity contribution in [3.05, 3.63) is 57.5 Å². The van der Waals surface area contributed by atoms with Crippen molar-refractivity contribution in [3.8, 4) is 17.3 Å². The topological polar surface area (TPSA) is 86.4 Å². The Balaban J connectivity index is 1.74. The van der Waals surface area contributed by atoms with Crippen molar-refractivity contribution in [3.63, 3.8) is 0 Å². The van der Waals surface area contributed by atoms with Crippen molar-refractivity contribution in [1.82, 2.24) is 19.5 Å². The molecule has 3 heterocycles. The Hall–Kier alpha value is -2.95. The van der Waals surface area contributed by atoms with Gasteiger partial charge in [-0.25, -0.2) is 9.50 Å². The number of nitrogens with one attached hydrogen (secondary N) is 1. The van der Waals surface area contributed by atoms with Crippen molar-refractivity contribution in [2.24, 2.45) is 0 Å². The van der Waals surface area contributed by atoms with Crippen LogP contribution in [0.1, 0.15) is 36.5 Å². The molecule has 1 aromatic carbocycles. The third kappa shape index (κ3) is 3.33. The van der Waals surface area contributed by atoms with Gasteiger partial charge in [-0.2, -0.15) is 5.26 Å². The molecule has 0 unspecified atom stereocenters. The first-order valence-electron chi connectivity index (χ1n) is 9.52. The van der Waals surface area contributed by atoms with E-state index in [0.717, 1.165) is 38.4 Å². The van der Waals surface area contributed by atoms with Crippen molar-refractivity contribution < 1.29 is 4.74 Å². The molecule has 144 valence electrons. The van der Waals surface area contributed by atoms with Crippen molar-refractivity contribution in [2.75, 3.05) is 26.3 Å². The van der Waals surface area contributed by atoms with Crippen molar-refractivity contribution in [2.45, 2.75) is 26.3 Å². The van der Waals surface area contributed by atoms with E-state index in [4.69, 9.17) is 4.74 Å². The molecule has 3 aromatic rings. The Morgan fingerprint density at radius 3 is 2.61 bits per heavy atom. The van der Waals surface area contributed by atoms with E-state index in [0.29, 0.717) is 22.5 Å². The molecule has 1 saturated heterocycles. The quantitative estimate of drug-likeness (QED) is 0.755. The second-order valence-electron chi connectivity index (χ2n) is 7.38. The molecule has 0 aliphatic carbocycles. The number of ether oxygens (including phenoxy) is 1. The molecule has 1 aliphatic rings. The van der Waals surface area contributed by atoms with Crippen LogP contribution in [0.2, 0.25) is 0 Å². The summed E-state index contributed by atoms with van der Waals surface area (Å²) >= 11 is 0. The van der Waals surface area contributed by atoms with Crippen LogP contribution in [-0.4, -0.2) is 45.8 Å². The highest BCUT2D eigenvalue weighted by molar-refractivity contribution is 5.68. The summed E-state index contributed by atoms with van der Waals surface area (Å²) < 4.78 is 6.75. The van der Waals surface area contributed by atoms with E-state index in [1.54, 1.807) is 0 Å². The summed E-state index contributed by atoms with van der Waals surface area (Å²) in [6, 6.07) is 10.3. The largest absolute Gasteiger partial charge is 0.379 e. The number of nitrogens with zero attached hydrogens (tertiary/aromatic N) is 4. The van der Waals surface area contributed by atoms with Crippen LogP contribution in [0.5, 0.6) is 0 Å². The summed E-state index contributed by atoms with van der Waals surface area (Å²) in [4.78, 5) is 20.0.